The standard InChI is InChI=1S/C25H19BrN2OS2/c1-15-12-16(2)24-27-20-21(28(24)13-15)25(30-14-17-6-4-3-5-7-17)31-23(20)22(29)18-8-10-19(26)11-9-18/h3-13H,14H2,1-2H3. The molecule has 31 heavy (non-hydrogen) atoms. The summed E-state index contributed by atoms with van der Waals surface area (Å²) in [5, 5.41) is 0. The van der Waals surface area contributed by atoms with Gasteiger partial charge in [0.15, 0.2) is 0 Å². The third-order valence-electron chi connectivity index (χ3n) is 5.17. The minimum atomic E-state index is 0.0202. The highest BCUT2D eigenvalue weighted by molar-refractivity contribution is 9.10. The summed E-state index contributed by atoms with van der Waals surface area (Å²) >= 11 is 6.77. The number of fused-ring (bicyclic) bond motifs is 3. The van der Waals surface area contributed by atoms with Gasteiger partial charge in [0.2, 0.25) is 5.78 Å². The van der Waals surface area contributed by atoms with Gasteiger partial charge >= 0.3 is 0 Å². The summed E-state index contributed by atoms with van der Waals surface area (Å²) in [7, 11) is 0. The van der Waals surface area contributed by atoms with Crippen LogP contribution in [-0.2, 0) is 5.75 Å². The van der Waals surface area contributed by atoms with E-state index < -0.39 is 0 Å². The zero-order chi connectivity index (χ0) is 21.5. The lowest BCUT2D eigenvalue weighted by molar-refractivity contribution is 0.104. The molecule has 0 radical (unpaired) electrons. The number of thioether (sulfide) groups is 1. The van der Waals surface area contributed by atoms with Gasteiger partial charge in [0.25, 0.3) is 0 Å². The molecule has 0 saturated carbocycles. The van der Waals surface area contributed by atoms with Crippen LogP contribution in [0.25, 0.3) is 16.7 Å². The number of benzene rings is 2. The van der Waals surface area contributed by atoms with Crippen LogP contribution in [0, 0.1) is 13.8 Å². The highest BCUT2D eigenvalue weighted by Crippen LogP contribution is 2.41. The van der Waals surface area contributed by atoms with Crippen molar-refractivity contribution < 1.29 is 4.79 Å². The number of halogens is 1. The van der Waals surface area contributed by atoms with E-state index in [4.69, 9.17) is 4.98 Å². The van der Waals surface area contributed by atoms with Gasteiger partial charge in [0, 0.05) is 22.0 Å². The number of pyridine rings is 1. The topological polar surface area (TPSA) is 34.4 Å². The van der Waals surface area contributed by atoms with Crippen LogP contribution in [0.1, 0.15) is 31.9 Å². The molecule has 0 atom stereocenters. The van der Waals surface area contributed by atoms with Gasteiger partial charge in [-0.05, 0) is 54.8 Å². The summed E-state index contributed by atoms with van der Waals surface area (Å²) in [6.07, 6.45) is 2.12. The first-order valence-corrected chi connectivity index (χ1v) is 12.5. The maximum atomic E-state index is 13.4. The molecule has 2 aromatic carbocycles. The van der Waals surface area contributed by atoms with Crippen molar-refractivity contribution in [2.24, 2.45) is 0 Å². The first-order chi connectivity index (χ1) is 15.0. The van der Waals surface area contributed by atoms with E-state index in [9.17, 15) is 4.79 Å². The molecule has 5 aromatic rings. The molecule has 0 bridgehead atoms. The Morgan fingerprint density at radius 2 is 1.84 bits per heavy atom. The molecule has 0 N–H and O–H groups in total. The summed E-state index contributed by atoms with van der Waals surface area (Å²) in [4.78, 5) is 19.1. The second kappa shape index (κ2) is 8.26. The number of hydrogen-bond acceptors (Lipinski definition) is 4. The summed E-state index contributed by atoms with van der Waals surface area (Å²) in [5.41, 5.74) is 6.97. The number of ketones is 1. The minimum Gasteiger partial charge on any atom is -0.297 e. The van der Waals surface area contributed by atoms with Crippen LogP contribution in [-0.4, -0.2) is 15.2 Å². The highest BCUT2D eigenvalue weighted by atomic mass is 79.9. The van der Waals surface area contributed by atoms with Gasteiger partial charge in [0.05, 0.1) is 9.73 Å². The molecule has 0 aliphatic carbocycles. The lowest BCUT2D eigenvalue weighted by atomic mass is 10.1. The fraction of sp³-hybridized carbons (Fsp3) is 0.120. The van der Waals surface area contributed by atoms with E-state index in [1.165, 1.54) is 11.1 Å². The molecule has 3 heterocycles. The summed E-state index contributed by atoms with van der Waals surface area (Å²) < 4.78 is 4.23. The Morgan fingerprint density at radius 1 is 1.10 bits per heavy atom. The van der Waals surface area contributed by atoms with Gasteiger partial charge in [-0.2, -0.15) is 0 Å². The van der Waals surface area contributed by atoms with Crippen molar-refractivity contribution in [1.82, 2.24) is 9.38 Å². The van der Waals surface area contributed by atoms with Crippen molar-refractivity contribution in [3.63, 3.8) is 0 Å². The van der Waals surface area contributed by atoms with Crippen LogP contribution in [0.2, 0.25) is 0 Å². The fourth-order valence-corrected chi connectivity index (χ4v) is 6.41. The molecule has 0 fully saturated rings. The van der Waals surface area contributed by atoms with Gasteiger partial charge in [0.1, 0.15) is 16.0 Å². The third kappa shape index (κ3) is 3.84. The maximum Gasteiger partial charge on any atom is 0.205 e. The third-order valence-corrected chi connectivity index (χ3v) is 8.20. The van der Waals surface area contributed by atoms with Crippen LogP contribution in [0.3, 0.4) is 0 Å². The second-order valence-electron chi connectivity index (χ2n) is 7.53. The molecule has 0 amide bonds. The van der Waals surface area contributed by atoms with Gasteiger partial charge in [-0.15, -0.1) is 23.1 Å². The van der Waals surface area contributed by atoms with Crippen molar-refractivity contribution in [2.75, 3.05) is 0 Å². The zero-order valence-electron chi connectivity index (χ0n) is 17.1. The van der Waals surface area contributed by atoms with E-state index in [-0.39, 0.29) is 5.78 Å². The number of carbonyl (C=O) groups excluding carboxylic acids is 1. The van der Waals surface area contributed by atoms with E-state index in [0.717, 1.165) is 36.7 Å². The Hall–Kier alpha value is -2.41. The number of rotatable bonds is 5. The molecule has 3 nitrogen and oxygen atoms in total. The smallest absolute Gasteiger partial charge is 0.205 e. The summed E-state index contributed by atoms with van der Waals surface area (Å²) in [5.74, 6) is 0.868. The van der Waals surface area contributed by atoms with Crippen LogP contribution in [0.4, 0.5) is 0 Å². The first kappa shape index (κ1) is 20.5. The van der Waals surface area contributed by atoms with Crippen molar-refractivity contribution in [3.8, 4) is 0 Å². The second-order valence-corrected chi connectivity index (χ2v) is 10.7. The monoisotopic (exact) mass is 506 g/mol. The van der Waals surface area contributed by atoms with Crippen LogP contribution in [0.5, 0.6) is 0 Å². The number of nitrogens with zero attached hydrogens (tertiary/aromatic N) is 2. The predicted octanol–water partition coefficient (Wildman–Crippen LogP) is 7.45. The average Bonchev–Trinajstić information content (AvgIpc) is 3.31. The average molecular weight is 507 g/mol. The van der Waals surface area contributed by atoms with E-state index >= 15 is 0 Å². The predicted molar refractivity (Wildman–Crippen MR) is 134 cm³/mol. The Kier molecular flexibility index (Phi) is 5.46. The number of aryl methyl sites for hydroxylation is 2. The molecule has 3 aromatic heterocycles. The van der Waals surface area contributed by atoms with Crippen molar-refractivity contribution >= 4 is 61.5 Å². The number of carbonyl (C=O) groups is 1. The largest absolute Gasteiger partial charge is 0.297 e. The van der Waals surface area contributed by atoms with Crippen LogP contribution in [0.15, 0.2) is 75.5 Å². The molecule has 6 heteroatoms. The van der Waals surface area contributed by atoms with Gasteiger partial charge in [-0.25, -0.2) is 4.98 Å². The lowest BCUT2D eigenvalue weighted by Crippen LogP contribution is -1.98. The van der Waals surface area contributed by atoms with E-state index in [2.05, 4.69) is 70.7 Å². The number of imidazole rings is 1. The van der Waals surface area contributed by atoms with Gasteiger partial charge in [-0.3, -0.25) is 9.20 Å². The number of aromatic nitrogens is 2. The molecule has 0 aliphatic heterocycles. The quantitative estimate of drug-likeness (QED) is 0.183. The SMILES string of the molecule is Cc1cc(C)c2nc3c(C(=O)c4ccc(Br)cc4)sc(SCc4ccccc4)c3n2c1. The molecular formula is C25H19BrN2OS2. The van der Waals surface area contributed by atoms with E-state index in [1.807, 2.05) is 30.3 Å². The number of thiophene rings is 1. The molecule has 0 spiro atoms. The van der Waals surface area contributed by atoms with Gasteiger partial charge in [-0.1, -0.05) is 52.3 Å². The van der Waals surface area contributed by atoms with Crippen molar-refractivity contribution in [2.45, 2.75) is 23.8 Å². The molecule has 0 unspecified atom stereocenters. The molecular weight excluding hydrogens is 488 g/mol. The van der Waals surface area contributed by atoms with Crippen molar-refractivity contribution in [3.05, 3.63) is 98.5 Å². The first-order valence-electron chi connectivity index (χ1n) is 9.90. The Morgan fingerprint density at radius 3 is 2.58 bits per heavy atom. The highest BCUT2D eigenvalue weighted by Gasteiger charge is 2.24. The molecule has 5 rings (SSSR count). The maximum absolute atomic E-state index is 13.4. The summed E-state index contributed by atoms with van der Waals surface area (Å²) in [6, 6.07) is 20.1. The Labute approximate surface area is 197 Å². The zero-order valence-corrected chi connectivity index (χ0v) is 20.3. The summed E-state index contributed by atoms with van der Waals surface area (Å²) in [6.45, 7) is 4.17. The molecule has 0 aliphatic rings. The van der Waals surface area contributed by atoms with Gasteiger partial charge < -0.3 is 0 Å². The Balaban J connectivity index is 1.67. The van der Waals surface area contributed by atoms with Crippen LogP contribution >= 0.6 is 39.0 Å². The van der Waals surface area contributed by atoms with Crippen molar-refractivity contribution in [1.29, 1.82) is 0 Å². The number of hydrogen-bond donors (Lipinski definition) is 0. The molecule has 0 saturated heterocycles. The lowest BCUT2D eigenvalue weighted by Gasteiger charge is -2.04. The van der Waals surface area contributed by atoms with E-state index in [0.29, 0.717) is 10.4 Å². The molecule has 154 valence electrons. The normalized spacial score (nSPS) is 11.5. The van der Waals surface area contributed by atoms with Crippen LogP contribution < -0.4 is 0 Å². The Bertz CT molecular complexity index is 1420. The minimum absolute atomic E-state index is 0.0202. The fourth-order valence-electron chi connectivity index (χ4n) is 3.73. The van der Waals surface area contributed by atoms with E-state index in [1.54, 1.807) is 23.1 Å².